The van der Waals surface area contributed by atoms with Gasteiger partial charge >= 0.3 is 0 Å². The lowest BCUT2D eigenvalue weighted by atomic mass is 9.99. The van der Waals surface area contributed by atoms with Crippen molar-refractivity contribution in [2.75, 3.05) is 14.2 Å². The van der Waals surface area contributed by atoms with Crippen LogP contribution in [0.2, 0.25) is 0 Å². The second-order valence-electron chi connectivity index (χ2n) is 4.06. The Balaban J connectivity index is 2.58. The molecule has 0 aliphatic carbocycles. The first-order chi connectivity index (χ1) is 9.19. The fraction of sp³-hybridized carbons (Fsp3) is 0.200. The van der Waals surface area contributed by atoms with E-state index in [1.165, 1.54) is 14.2 Å². The van der Waals surface area contributed by atoms with Crippen LogP contribution in [0.25, 0.3) is 0 Å². The Kier molecular flexibility index (Phi) is 3.80. The summed E-state index contributed by atoms with van der Waals surface area (Å²) in [7, 11) is 3.07. The second-order valence-corrected chi connectivity index (χ2v) is 4.06. The number of benzene rings is 1. The minimum atomic E-state index is -0.130. The molecule has 0 atom stereocenters. The molecule has 0 aliphatic heterocycles. The van der Waals surface area contributed by atoms with Crippen LogP contribution in [-0.4, -0.2) is 25.0 Å². The van der Waals surface area contributed by atoms with Crippen LogP contribution in [0.4, 0.5) is 0 Å². The summed E-state index contributed by atoms with van der Waals surface area (Å²) in [4.78, 5) is 16.6. The summed E-state index contributed by atoms with van der Waals surface area (Å²) >= 11 is 0. The maximum absolute atomic E-state index is 12.6. The number of ether oxygens (including phenoxy) is 2. The lowest BCUT2D eigenvalue weighted by Crippen LogP contribution is -2.08. The molecule has 0 amide bonds. The van der Waals surface area contributed by atoms with Crippen molar-refractivity contribution in [2.45, 2.75) is 6.92 Å². The number of aryl methyl sites for hydroxylation is 1. The minimum Gasteiger partial charge on any atom is -0.496 e. The Hall–Kier alpha value is -2.36. The lowest BCUT2D eigenvalue weighted by molar-refractivity contribution is 0.103. The molecular formula is C15H15NO3. The highest BCUT2D eigenvalue weighted by molar-refractivity contribution is 6.13. The number of pyridine rings is 1. The SMILES string of the molecule is COc1cccc(OC)c1C(=O)c1ccncc1C. The van der Waals surface area contributed by atoms with Gasteiger partial charge in [-0.2, -0.15) is 0 Å². The lowest BCUT2D eigenvalue weighted by Gasteiger charge is -2.12. The van der Waals surface area contributed by atoms with Crippen molar-refractivity contribution in [1.82, 2.24) is 4.98 Å². The Morgan fingerprint density at radius 2 is 1.74 bits per heavy atom. The van der Waals surface area contributed by atoms with Crippen LogP contribution >= 0.6 is 0 Å². The van der Waals surface area contributed by atoms with Gasteiger partial charge in [-0.3, -0.25) is 9.78 Å². The van der Waals surface area contributed by atoms with E-state index in [2.05, 4.69) is 4.98 Å². The van der Waals surface area contributed by atoms with Crippen LogP contribution in [0.3, 0.4) is 0 Å². The molecule has 0 saturated heterocycles. The zero-order valence-corrected chi connectivity index (χ0v) is 11.1. The van der Waals surface area contributed by atoms with E-state index in [1.807, 2.05) is 6.92 Å². The van der Waals surface area contributed by atoms with Gasteiger partial charge in [0.25, 0.3) is 0 Å². The molecule has 0 N–H and O–H groups in total. The van der Waals surface area contributed by atoms with Gasteiger partial charge in [0.1, 0.15) is 17.1 Å². The zero-order valence-electron chi connectivity index (χ0n) is 11.1. The van der Waals surface area contributed by atoms with Crippen LogP contribution in [0, 0.1) is 6.92 Å². The number of carbonyl (C=O) groups is 1. The van der Waals surface area contributed by atoms with Gasteiger partial charge in [0, 0.05) is 18.0 Å². The average molecular weight is 257 g/mol. The summed E-state index contributed by atoms with van der Waals surface area (Å²) in [5.74, 6) is 0.871. The van der Waals surface area contributed by atoms with E-state index in [9.17, 15) is 4.79 Å². The third-order valence-corrected chi connectivity index (χ3v) is 2.92. The van der Waals surface area contributed by atoms with E-state index in [1.54, 1.807) is 36.7 Å². The summed E-state index contributed by atoms with van der Waals surface area (Å²) < 4.78 is 10.5. The Labute approximate surface area is 112 Å². The van der Waals surface area contributed by atoms with E-state index < -0.39 is 0 Å². The van der Waals surface area contributed by atoms with Gasteiger partial charge in [0.2, 0.25) is 5.78 Å². The highest BCUT2D eigenvalue weighted by atomic mass is 16.5. The van der Waals surface area contributed by atoms with Gasteiger partial charge in [0.05, 0.1) is 14.2 Å². The van der Waals surface area contributed by atoms with Gasteiger partial charge in [-0.05, 0) is 30.7 Å². The molecule has 4 nitrogen and oxygen atoms in total. The predicted octanol–water partition coefficient (Wildman–Crippen LogP) is 2.64. The third kappa shape index (κ3) is 2.42. The monoisotopic (exact) mass is 257 g/mol. The average Bonchev–Trinajstić information content (AvgIpc) is 2.46. The van der Waals surface area contributed by atoms with E-state index in [-0.39, 0.29) is 5.78 Å². The summed E-state index contributed by atoms with van der Waals surface area (Å²) in [6.07, 6.45) is 3.26. The molecule has 4 heteroatoms. The Bertz CT molecular complexity index is 586. The number of aromatic nitrogens is 1. The molecule has 98 valence electrons. The van der Waals surface area contributed by atoms with Gasteiger partial charge in [-0.25, -0.2) is 0 Å². The molecule has 0 saturated carbocycles. The molecule has 1 heterocycles. The summed E-state index contributed by atoms with van der Waals surface area (Å²) in [5.41, 5.74) is 1.85. The van der Waals surface area contributed by atoms with Crippen molar-refractivity contribution in [3.63, 3.8) is 0 Å². The Morgan fingerprint density at radius 1 is 1.11 bits per heavy atom. The second kappa shape index (κ2) is 5.52. The first-order valence-electron chi connectivity index (χ1n) is 5.85. The van der Waals surface area contributed by atoms with E-state index in [0.717, 1.165) is 5.56 Å². The molecule has 2 rings (SSSR count). The van der Waals surface area contributed by atoms with Gasteiger partial charge < -0.3 is 9.47 Å². The van der Waals surface area contributed by atoms with Crippen LogP contribution in [0.15, 0.2) is 36.7 Å². The summed E-state index contributed by atoms with van der Waals surface area (Å²) in [6, 6.07) is 6.97. The van der Waals surface area contributed by atoms with E-state index >= 15 is 0 Å². The van der Waals surface area contributed by atoms with Gasteiger partial charge in [-0.1, -0.05) is 6.07 Å². The molecular weight excluding hydrogens is 242 g/mol. The molecule has 0 spiro atoms. The number of rotatable bonds is 4. The molecule has 0 bridgehead atoms. The normalized spacial score (nSPS) is 10.1. The Morgan fingerprint density at radius 3 is 2.26 bits per heavy atom. The largest absolute Gasteiger partial charge is 0.496 e. The van der Waals surface area contributed by atoms with E-state index in [4.69, 9.17) is 9.47 Å². The third-order valence-electron chi connectivity index (χ3n) is 2.92. The smallest absolute Gasteiger partial charge is 0.200 e. The number of hydrogen-bond donors (Lipinski definition) is 0. The number of hydrogen-bond acceptors (Lipinski definition) is 4. The standard InChI is InChI=1S/C15H15NO3/c1-10-9-16-8-7-11(10)15(17)14-12(18-2)5-4-6-13(14)19-3/h4-9H,1-3H3. The van der Waals surface area contributed by atoms with Crippen molar-refractivity contribution in [3.8, 4) is 11.5 Å². The number of carbonyl (C=O) groups excluding carboxylic acids is 1. The van der Waals surface area contributed by atoms with Gasteiger partial charge in [0.15, 0.2) is 0 Å². The zero-order chi connectivity index (χ0) is 13.8. The van der Waals surface area contributed by atoms with Gasteiger partial charge in [-0.15, -0.1) is 0 Å². The predicted molar refractivity (Wildman–Crippen MR) is 72.0 cm³/mol. The van der Waals surface area contributed by atoms with Crippen LogP contribution < -0.4 is 9.47 Å². The highest BCUT2D eigenvalue weighted by Gasteiger charge is 2.20. The maximum atomic E-state index is 12.6. The van der Waals surface area contributed by atoms with Crippen molar-refractivity contribution in [2.24, 2.45) is 0 Å². The molecule has 0 radical (unpaired) electrons. The first-order valence-corrected chi connectivity index (χ1v) is 5.85. The minimum absolute atomic E-state index is 0.130. The first kappa shape index (κ1) is 13.1. The number of methoxy groups -OCH3 is 2. The van der Waals surface area contributed by atoms with Crippen LogP contribution in [0.5, 0.6) is 11.5 Å². The quantitative estimate of drug-likeness (QED) is 0.790. The van der Waals surface area contributed by atoms with Crippen molar-refractivity contribution < 1.29 is 14.3 Å². The number of ketones is 1. The van der Waals surface area contributed by atoms with Crippen LogP contribution in [-0.2, 0) is 0 Å². The van der Waals surface area contributed by atoms with E-state index in [0.29, 0.717) is 22.6 Å². The molecule has 0 fully saturated rings. The summed E-state index contributed by atoms with van der Waals surface area (Å²) in [6.45, 7) is 1.85. The summed E-state index contributed by atoms with van der Waals surface area (Å²) in [5, 5.41) is 0. The maximum Gasteiger partial charge on any atom is 0.200 e. The molecule has 2 aromatic rings. The number of nitrogens with zero attached hydrogens (tertiary/aromatic N) is 1. The molecule has 19 heavy (non-hydrogen) atoms. The topological polar surface area (TPSA) is 48.4 Å². The highest BCUT2D eigenvalue weighted by Crippen LogP contribution is 2.31. The molecule has 0 aliphatic rings. The van der Waals surface area contributed by atoms with Crippen molar-refractivity contribution in [1.29, 1.82) is 0 Å². The van der Waals surface area contributed by atoms with Crippen molar-refractivity contribution >= 4 is 5.78 Å². The van der Waals surface area contributed by atoms with Crippen molar-refractivity contribution in [3.05, 3.63) is 53.3 Å². The van der Waals surface area contributed by atoms with Crippen LogP contribution in [0.1, 0.15) is 21.5 Å². The molecule has 0 unspecified atom stereocenters. The molecule has 1 aromatic heterocycles. The fourth-order valence-corrected chi connectivity index (χ4v) is 1.94. The molecule has 1 aromatic carbocycles. The fourth-order valence-electron chi connectivity index (χ4n) is 1.94.